The van der Waals surface area contributed by atoms with Gasteiger partial charge in [0.15, 0.2) is 0 Å². The van der Waals surface area contributed by atoms with Gasteiger partial charge in [-0.25, -0.2) is 4.79 Å². The highest BCUT2D eigenvalue weighted by molar-refractivity contribution is 5.78. The fourth-order valence-electron chi connectivity index (χ4n) is 2.20. The first-order valence-electron chi connectivity index (χ1n) is 7.17. The Morgan fingerprint density at radius 3 is 2.67 bits per heavy atom. The highest BCUT2D eigenvalue weighted by Gasteiger charge is 2.18. The Morgan fingerprint density at radius 2 is 2.05 bits per heavy atom. The molecule has 0 radical (unpaired) electrons. The molecule has 1 atom stereocenters. The fraction of sp³-hybridized carbons (Fsp3) is 0.438. The molecule has 0 saturated heterocycles. The van der Waals surface area contributed by atoms with Gasteiger partial charge in [-0.3, -0.25) is 0 Å². The first kappa shape index (κ1) is 15.4. The Labute approximate surface area is 124 Å². The normalized spacial score (nSPS) is 12.6. The van der Waals surface area contributed by atoms with Crippen LogP contribution in [-0.4, -0.2) is 34.7 Å². The maximum Gasteiger partial charge on any atom is 0.318 e. The standard InChI is InChI=1S/C16H22N2O3/c1-11(2)18(10-12(3)19)16(20)17-9-14-8-13-6-4-5-7-15(13)21-14/h4-8,11-12,19H,9-10H2,1-3H3,(H,17,20). The van der Waals surface area contributed by atoms with E-state index in [0.717, 1.165) is 11.0 Å². The van der Waals surface area contributed by atoms with Crippen LogP contribution in [0.4, 0.5) is 4.79 Å². The molecule has 0 spiro atoms. The maximum atomic E-state index is 12.2. The van der Waals surface area contributed by atoms with E-state index in [0.29, 0.717) is 18.8 Å². The Morgan fingerprint density at radius 1 is 1.33 bits per heavy atom. The average Bonchev–Trinajstić information content (AvgIpc) is 2.84. The minimum absolute atomic E-state index is 0.0234. The van der Waals surface area contributed by atoms with Gasteiger partial charge >= 0.3 is 6.03 Å². The van der Waals surface area contributed by atoms with Crippen LogP contribution in [0.25, 0.3) is 11.0 Å². The first-order valence-corrected chi connectivity index (χ1v) is 7.17. The van der Waals surface area contributed by atoms with Crippen LogP contribution in [0.2, 0.25) is 0 Å². The van der Waals surface area contributed by atoms with E-state index in [2.05, 4.69) is 5.32 Å². The first-order chi connectivity index (χ1) is 9.97. The monoisotopic (exact) mass is 290 g/mol. The van der Waals surface area contributed by atoms with Crippen LogP contribution >= 0.6 is 0 Å². The molecule has 1 aromatic heterocycles. The summed E-state index contributed by atoms with van der Waals surface area (Å²) in [6.45, 7) is 6.15. The number of benzene rings is 1. The lowest BCUT2D eigenvalue weighted by atomic mass is 10.2. The van der Waals surface area contributed by atoms with Crippen LogP contribution < -0.4 is 5.32 Å². The molecule has 1 heterocycles. The summed E-state index contributed by atoms with van der Waals surface area (Å²) in [6.07, 6.45) is -0.552. The second-order valence-electron chi connectivity index (χ2n) is 5.50. The van der Waals surface area contributed by atoms with E-state index in [1.807, 2.05) is 44.2 Å². The number of hydrogen-bond donors (Lipinski definition) is 2. The Hall–Kier alpha value is -2.01. The minimum Gasteiger partial charge on any atom is -0.459 e. The van der Waals surface area contributed by atoms with Gasteiger partial charge in [-0.2, -0.15) is 0 Å². The van der Waals surface area contributed by atoms with Gasteiger partial charge in [0.25, 0.3) is 0 Å². The topological polar surface area (TPSA) is 65.7 Å². The number of hydrogen-bond acceptors (Lipinski definition) is 3. The van der Waals surface area contributed by atoms with Crippen molar-refractivity contribution >= 4 is 17.0 Å². The molecule has 2 aromatic rings. The molecule has 0 fully saturated rings. The quantitative estimate of drug-likeness (QED) is 0.890. The lowest BCUT2D eigenvalue weighted by molar-refractivity contribution is 0.118. The van der Waals surface area contributed by atoms with Crippen LogP contribution in [0, 0.1) is 0 Å². The van der Waals surface area contributed by atoms with Gasteiger partial charge in [0.2, 0.25) is 0 Å². The second-order valence-corrected chi connectivity index (χ2v) is 5.50. The average molecular weight is 290 g/mol. The molecule has 1 unspecified atom stereocenters. The van der Waals surface area contributed by atoms with Crippen molar-refractivity contribution in [2.24, 2.45) is 0 Å². The zero-order valence-electron chi connectivity index (χ0n) is 12.7. The van der Waals surface area contributed by atoms with Crippen LogP contribution in [0.3, 0.4) is 0 Å². The molecular formula is C16H22N2O3. The van der Waals surface area contributed by atoms with Crippen molar-refractivity contribution in [1.29, 1.82) is 0 Å². The Balaban J connectivity index is 1.98. The van der Waals surface area contributed by atoms with Gasteiger partial charge in [0, 0.05) is 18.0 Å². The van der Waals surface area contributed by atoms with E-state index >= 15 is 0 Å². The number of carbonyl (C=O) groups excluding carboxylic acids is 1. The van der Waals surface area contributed by atoms with Crippen molar-refractivity contribution in [2.75, 3.05) is 6.54 Å². The minimum atomic E-state index is -0.552. The lowest BCUT2D eigenvalue weighted by Crippen LogP contribution is -2.46. The molecule has 2 amide bonds. The van der Waals surface area contributed by atoms with E-state index < -0.39 is 6.10 Å². The number of carbonyl (C=O) groups is 1. The van der Waals surface area contributed by atoms with E-state index in [9.17, 15) is 9.90 Å². The summed E-state index contributed by atoms with van der Waals surface area (Å²) in [5.41, 5.74) is 0.812. The smallest absolute Gasteiger partial charge is 0.318 e. The van der Waals surface area contributed by atoms with E-state index in [1.54, 1.807) is 11.8 Å². The third-order valence-electron chi connectivity index (χ3n) is 3.24. The summed E-state index contributed by atoms with van der Waals surface area (Å²) in [7, 11) is 0. The number of nitrogens with one attached hydrogen (secondary N) is 1. The molecule has 1 aromatic carbocycles. The molecular weight excluding hydrogens is 268 g/mol. The Bertz CT molecular complexity index is 571. The highest BCUT2D eigenvalue weighted by atomic mass is 16.3. The molecule has 0 aliphatic rings. The SMILES string of the molecule is CC(O)CN(C(=O)NCc1cc2ccccc2o1)C(C)C. The number of nitrogens with zero attached hydrogens (tertiary/aromatic N) is 1. The zero-order chi connectivity index (χ0) is 15.4. The van der Waals surface area contributed by atoms with Crippen LogP contribution in [0.5, 0.6) is 0 Å². The number of para-hydroxylation sites is 1. The maximum absolute atomic E-state index is 12.2. The summed E-state index contributed by atoms with van der Waals surface area (Å²) >= 11 is 0. The third kappa shape index (κ3) is 3.98. The molecule has 21 heavy (non-hydrogen) atoms. The molecule has 0 aliphatic heterocycles. The van der Waals surface area contributed by atoms with Gasteiger partial charge in [-0.1, -0.05) is 18.2 Å². The molecule has 5 heteroatoms. The Kier molecular flexibility index (Phi) is 4.85. The summed E-state index contributed by atoms with van der Waals surface area (Å²) < 4.78 is 5.66. The zero-order valence-corrected chi connectivity index (χ0v) is 12.7. The number of aliphatic hydroxyl groups is 1. The number of fused-ring (bicyclic) bond motifs is 1. The third-order valence-corrected chi connectivity index (χ3v) is 3.24. The molecule has 0 bridgehead atoms. The van der Waals surface area contributed by atoms with Crippen molar-refractivity contribution in [3.05, 3.63) is 36.1 Å². The van der Waals surface area contributed by atoms with Gasteiger partial charge in [-0.15, -0.1) is 0 Å². The molecule has 0 aliphatic carbocycles. The van der Waals surface area contributed by atoms with Crippen molar-refractivity contribution in [3.8, 4) is 0 Å². The summed E-state index contributed by atoms with van der Waals surface area (Å²) in [5, 5.41) is 13.3. The van der Waals surface area contributed by atoms with Crippen molar-refractivity contribution in [3.63, 3.8) is 0 Å². The molecule has 2 N–H and O–H groups in total. The molecule has 2 rings (SSSR count). The molecule has 5 nitrogen and oxygen atoms in total. The molecule has 114 valence electrons. The van der Waals surface area contributed by atoms with Gasteiger partial charge in [0.05, 0.1) is 12.6 Å². The van der Waals surface area contributed by atoms with E-state index in [-0.39, 0.29) is 12.1 Å². The summed E-state index contributed by atoms with van der Waals surface area (Å²) in [5.74, 6) is 0.713. The van der Waals surface area contributed by atoms with Crippen molar-refractivity contribution in [1.82, 2.24) is 10.2 Å². The van der Waals surface area contributed by atoms with Crippen molar-refractivity contribution < 1.29 is 14.3 Å². The highest BCUT2D eigenvalue weighted by Crippen LogP contribution is 2.18. The van der Waals surface area contributed by atoms with Crippen LogP contribution in [0.15, 0.2) is 34.7 Å². The summed E-state index contributed by atoms with van der Waals surface area (Å²) in [6, 6.07) is 9.47. The van der Waals surface area contributed by atoms with Crippen LogP contribution in [0.1, 0.15) is 26.5 Å². The van der Waals surface area contributed by atoms with Gasteiger partial charge in [-0.05, 0) is 32.9 Å². The van der Waals surface area contributed by atoms with Crippen LogP contribution in [-0.2, 0) is 6.54 Å². The number of furan rings is 1. The largest absolute Gasteiger partial charge is 0.459 e. The number of amides is 2. The number of urea groups is 1. The van der Waals surface area contributed by atoms with Gasteiger partial charge < -0.3 is 19.7 Å². The lowest BCUT2D eigenvalue weighted by Gasteiger charge is -2.27. The second kappa shape index (κ2) is 6.63. The van der Waals surface area contributed by atoms with Crippen molar-refractivity contribution in [2.45, 2.75) is 39.5 Å². The number of aliphatic hydroxyl groups excluding tert-OH is 1. The van der Waals surface area contributed by atoms with E-state index in [4.69, 9.17) is 4.42 Å². The van der Waals surface area contributed by atoms with E-state index in [1.165, 1.54) is 0 Å². The summed E-state index contributed by atoms with van der Waals surface area (Å²) in [4.78, 5) is 13.8. The van der Waals surface area contributed by atoms with Gasteiger partial charge in [0.1, 0.15) is 11.3 Å². The predicted molar refractivity (Wildman–Crippen MR) is 82.0 cm³/mol. The number of rotatable bonds is 5. The molecule has 0 saturated carbocycles. The predicted octanol–water partition coefficient (Wildman–Crippen LogP) is 2.73. The fourth-order valence-corrected chi connectivity index (χ4v) is 2.20.